The van der Waals surface area contributed by atoms with Gasteiger partial charge in [-0.2, -0.15) is 0 Å². The zero-order valence-corrected chi connectivity index (χ0v) is 14.3. The van der Waals surface area contributed by atoms with Crippen molar-refractivity contribution >= 4 is 23.4 Å². The summed E-state index contributed by atoms with van der Waals surface area (Å²) >= 11 is 5.83. The molecule has 0 aromatic heterocycles. The molecule has 1 saturated heterocycles. The first kappa shape index (κ1) is 17.8. The normalized spacial score (nSPS) is 19.2. The number of rotatable bonds is 5. The molecule has 0 saturated carbocycles. The molecule has 126 valence electrons. The fourth-order valence-corrected chi connectivity index (χ4v) is 2.75. The third-order valence-electron chi connectivity index (χ3n) is 3.99. The fraction of sp³-hybridized carbons (Fsp3) is 0.529. The monoisotopic (exact) mass is 337 g/mol. The first-order chi connectivity index (χ1) is 11.0. The van der Waals surface area contributed by atoms with Crippen LogP contribution in [0.1, 0.15) is 37.0 Å². The van der Waals surface area contributed by atoms with E-state index < -0.39 is 6.04 Å². The first-order valence-electron chi connectivity index (χ1n) is 8.05. The number of halogens is 1. The molecule has 2 unspecified atom stereocenters. The minimum atomic E-state index is -0.555. The highest BCUT2D eigenvalue weighted by Gasteiger charge is 2.27. The number of carbonyl (C=O) groups excluding carboxylic acids is 2. The smallest absolute Gasteiger partial charge is 0.251 e. The van der Waals surface area contributed by atoms with Crippen molar-refractivity contribution in [3.05, 3.63) is 34.9 Å². The van der Waals surface area contributed by atoms with Gasteiger partial charge in [-0.05, 0) is 49.6 Å². The SMILES string of the molecule is CC(C)C(NC(=O)c1ccc(Cl)cc1)C(=O)NC1CCCNC1. The highest BCUT2D eigenvalue weighted by Crippen LogP contribution is 2.11. The summed E-state index contributed by atoms with van der Waals surface area (Å²) in [6.45, 7) is 5.62. The maximum atomic E-state index is 12.5. The quantitative estimate of drug-likeness (QED) is 0.769. The second kappa shape index (κ2) is 8.31. The lowest BCUT2D eigenvalue weighted by atomic mass is 10.0. The third-order valence-corrected chi connectivity index (χ3v) is 4.24. The summed E-state index contributed by atoms with van der Waals surface area (Å²) in [5.41, 5.74) is 0.493. The Morgan fingerprint density at radius 2 is 1.96 bits per heavy atom. The summed E-state index contributed by atoms with van der Waals surface area (Å²) in [6, 6.07) is 6.20. The predicted molar refractivity (Wildman–Crippen MR) is 91.6 cm³/mol. The molecule has 1 aliphatic rings. The van der Waals surface area contributed by atoms with Gasteiger partial charge in [0, 0.05) is 23.2 Å². The molecule has 0 spiro atoms. The number of hydrogen-bond donors (Lipinski definition) is 3. The van der Waals surface area contributed by atoms with Gasteiger partial charge in [0.15, 0.2) is 0 Å². The van der Waals surface area contributed by atoms with Gasteiger partial charge in [-0.25, -0.2) is 0 Å². The minimum absolute atomic E-state index is 0.00259. The van der Waals surface area contributed by atoms with Crippen molar-refractivity contribution in [2.45, 2.75) is 38.8 Å². The van der Waals surface area contributed by atoms with Crippen LogP contribution in [0.15, 0.2) is 24.3 Å². The molecule has 1 aliphatic heterocycles. The van der Waals surface area contributed by atoms with Crippen LogP contribution in [0.3, 0.4) is 0 Å². The molecule has 1 aromatic rings. The van der Waals surface area contributed by atoms with Crippen molar-refractivity contribution in [2.75, 3.05) is 13.1 Å². The average molecular weight is 338 g/mol. The second-order valence-corrected chi connectivity index (χ2v) is 6.69. The van der Waals surface area contributed by atoms with E-state index >= 15 is 0 Å². The minimum Gasteiger partial charge on any atom is -0.350 e. The highest BCUT2D eigenvalue weighted by atomic mass is 35.5. The molecule has 2 rings (SSSR count). The Labute approximate surface area is 142 Å². The number of piperidine rings is 1. The Kier molecular flexibility index (Phi) is 6.42. The van der Waals surface area contributed by atoms with Gasteiger partial charge in [0.2, 0.25) is 5.91 Å². The van der Waals surface area contributed by atoms with Crippen LogP contribution in [0.5, 0.6) is 0 Å². The maximum absolute atomic E-state index is 12.5. The Morgan fingerprint density at radius 3 is 2.52 bits per heavy atom. The molecule has 6 heteroatoms. The van der Waals surface area contributed by atoms with Crippen LogP contribution >= 0.6 is 11.6 Å². The largest absolute Gasteiger partial charge is 0.350 e. The summed E-state index contributed by atoms with van der Waals surface area (Å²) in [5, 5.41) is 9.70. The van der Waals surface area contributed by atoms with Gasteiger partial charge < -0.3 is 16.0 Å². The van der Waals surface area contributed by atoms with E-state index in [0.717, 1.165) is 25.9 Å². The first-order valence-corrected chi connectivity index (χ1v) is 8.42. The third kappa shape index (κ3) is 5.22. The predicted octanol–water partition coefficient (Wildman–Crippen LogP) is 1.96. The van der Waals surface area contributed by atoms with Gasteiger partial charge >= 0.3 is 0 Å². The van der Waals surface area contributed by atoms with Crippen molar-refractivity contribution < 1.29 is 9.59 Å². The van der Waals surface area contributed by atoms with E-state index in [2.05, 4.69) is 16.0 Å². The maximum Gasteiger partial charge on any atom is 0.251 e. The topological polar surface area (TPSA) is 70.2 Å². The van der Waals surface area contributed by atoms with Crippen LogP contribution < -0.4 is 16.0 Å². The lowest BCUT2D eigenvalue weighted by molar-refractivity contribution is -0.124. The van der Waals surface area contributed by atoms with E-state index in [4.69, 9.17) is 11.6 Å². The molecule has 3 N–H and O–H groups in total. The molecule has 5 nitrogen and oxygen atoms in total. The molecule has 0 bridgehead atoms. The second-order valence-electron chi connectivity index (χ2n) is 6.25. The lowest BCUT2D eigenvalue weighted by Crippen LogP contribution is -2.54. The van der Waals surface area contributed by atoms with E-state index in [1.807, 2.05) is 13.8 Å². The summed E-state index contributed by atoms with van der Waals surface area (Å²) in [4.78, 5) is 24.8. The molecule has 2 amide bonds. The van der Waals surface area contributed by atoms with Crippen molar-refractivity contribution in [3.8, 4) is 0 Å². The van der Waals surface area contributed by atoms with E-state index in [0.29, 0.717) is 10.6 Å². The van der Waals surface area contributed by atoms with Gasteiger partial charge in [0.25, 0.3) is 5.91 Å². The number of amides is 2. The summed E-state index contributed by atoms with van der Waals surface area (Å²) in [6.07, 6.45) is 2.02. The van der Waals surface area contributed by atoms with Crippen LogP contribution in [0, 0.1) is 5.92 Å². The molecule has 1 aromatic carbocycles. The van der Waals surface area contributed by atoms with E-state index in [9.17, 15) is 9.59 Å². The van der Waals surface area contributed by atoms with E-state index in [1.165, 1.54) is 0 Å². The standard InChI is InChI=1S/C17H24ClN3O2/c1-11(2)15(17(23)20-14-4-3-9-19-10-14)21-16(22)12-5-7-13(18)8-6-12/h5-8,11,14-15,19H,3-4,9-10H2,1-2H3,(H,20,23)(H,21,22). The van der Waals surface area contributed by atoms with Crippen molar-refractivity contribution in [2.24, 2.45) is 5.92 Å². The Bertz CT molecular complexity index is 539. The molecule has 0 aliphatic carbocycles. The number of carbonyl (C=O) groups is 2. The Hall–Kier alpha value is -1.59. The van der Waals surface area contributed by atoms with Crippen LogP contribution in [0.25, 0.3) is 0 Å². The fourth-order valence-electron chi connectivity index (χ4n) is 2.63. The Morgan fingerprint density at radius 1 is 1.26 bits per heavy atom. The van der Waals surface area contributed by atoms with E-state index in [1.54, 1.807) is 24.3 Å². The zero-order valence-electron chi connectivity index (χ0n) is 13.6. The summed E-state index contributed by atoms with van der Waals surface area (Å²) in [5.74, 6) is -0.393. The van der Waals surface area contributed by atoms with Crippen molar-refractivity contribution in [1.29, 1.82) is 0 Å². The Balaban J connectivity index is 1.98. The molecule has 2 atom stereocenters. The molecule has 1 fully saturated rings. The highest BCUT2D eigenvalue weighted by molar-refractivity contribution is 6.30. The summed E-state index contributed by atoms with van der Waals surface area (Å²) < 4.78 is 0. The zero-order chi connectivity index (χ0) is 16.8. The molecular formula is C17H24ClN3O2. The molecule has 23 heavy (non-hydrogen) atoms. The van der Waals surface area contributed by atoms with E-state index in [-0.39, 0.29) is 23.8 Å². The molecule has 1 heterocycles. The molecular weight excluding hydrogens is 314 g/mol. The number of benzene rings is 1. The van der Waals surface area contributed by atoms with Gasteiger partial charge in [-0.1, -0.05) is 25.4 Å². The van der Waals surface area contributed by atoms with Crippen LogP contribution in [-0.2, 0) is 4.79 Å². The average Bonchev–Trinajstić information content (AvgIpc) is 2.53. The van der Waals surface area contributed by atoms with Crippen LogP contribution in [-0.4, -0.2) is 37.0 Å². The van der Waals surface area contributed by atoms with Gasteiger partial charge in [-0.3, -0.25) is 9.59 Å². The molecule has 0 radical (unpaired) electrons. The lowest BCUT2D eigenvalue weighted by Gasteiger charge is -2.28. The van der Waals surface area contributed by atoms with Gasteiger partial charge in [0.05, 0.1) is 0 Å². The number of hydrogen-bond acceptors (Lipinski definition) is 3. The van der Waals surface area contributed by atoms with Crippen LogP contribution in [0.2, 0.25) is 5.02 Å². The van der Waals surface area contributed by atoms with Crippen molar-refractivity contribution in [3.63, 3.8) is 0 Å². The van der Waals surface area contributed by atoms with Gasteiger partial charge in [0.1, 0.15) is 6.04 Å². The van der Waals surface area contributed by atoms with Crippen LogP contribution in [0.4, 0.5) is 0 Å². The van der Waals surface area contributed by atoms with Crippen molar-refractivity contribution in [1.82, 2.24) is 16.0 Å². The number of nitrogens with one attached hydrogen (secondary N) is 3. The van der Waals surface area contributed by atoms with Gasteiger partial charge in [-0.15, -0.1) is 0 Å². The summed E-state index contributed by atoms with van der Waals surface area (Å²) in [7, 11) is 0.